The van der Waals surface area contributed by atoms with Crippen molar-refractivity contribution in [2.45, 2.75) is 19.4 Å². The molecule has 0 spiro atoms. The summed E-state index contributed by atoms with van der Waals surface area (Å²) >= 11 is 0. The number of rotatable bonds is 4. The number of aromatic nitrogens is 1. The third-order valence-electron chi connectivity index (χ3n) is 5.07. The first-order chi connectivity index (χ1) is 12.8. The first-order valence-electron chi connectivity index (χ1n) is 9.01. The molecule has 0 atom stereocenters. The van der Waals surface area contributed by atoms with Gasteiger partial charge in [0.15, 0.2) is 0 Å². The summed E-state index contributed by atoms with van der Waals surface area (Å²) < 4.78 is 5.09. The number of hydrogen-bond donors (Lipinski definition) is 0. The van der Waals surface area contributed by atoms with Crippen molar-refractivity contribution in [1.29, 1.82) is 0 Å². The van der Waals surface area contributed by atoms with Crippen molar-refractivity contribution in [2.24, 2.45) is 0 Å². The molecule has 0 N–H and O–H groups in total. The van der Waals surface area contributed by atoms with Crippen LogP contribution in [0, 0.1) is 0 Å². The van der Waals surface area contributed by atoms with Gasteiger partial charge in [0.05, 0.1) is 18.2 Å². The van der Waals surface area contributed by atoms with E-state index < -0.39 is 0 Å². The normalized spacial score (nSPS) is 14.2. The summed E-state index contributed by atoms with van der Waals surface area (Å²) in [6.45, 7) is 2.67. The van der Waals surface area contributed by atoms with Crippen molar-refractivity contribution >= 4 is 16.9 Å². The summed E-state index contributed by atoms with van der Waals surface area (Å²) in [6.07, 6.45) is 1.86. The first kappa shape index (κ1) is 16.7. The van der Waals surface area contributed by atoms with Crippen LogP contribution in [0.2, 0.25) is 0 Å². The van der Waals surface area contributed by atoms with E-state index in [4.69, 9.17) is 9.72 Å². The van der Waals surface area contributed by atoms with Crippen molar-refractivity contribution in [1.82, 2.24) is 9.88 Å². The molecule has 1 aliphatic heterocycles. The van der Waals surface area contributed by atoms with Gasteiger partial charge in [0.1, 0.15) is 0 Å². The molecular weight excluding hydrogens is 324 g/mol. The number of carbonyl (C=O) groups excluding carboxylic acids is 1. The van der Waals surface area contributed by atoms with Gasteiger partial charge in [-0.05, 0) is 18.1 Å². The zero-order valence-electron chi connectivity index (χ0n) is 14.9. The Hall–Kier alpha value is -2.72. The summed E-state index contributed by atoms with van der Waals surface area (Å²) in [6, 6.07) is 18.3. The second-order valence-corrected chi connectivity index (χ2v) is 6.68. The lowest BCUT2D eigenvalue weighted by atomic mass is 9.95. The summed E-state index contributed by atoms with van der Waals surface area (Å²) in [5.74, 6) is -0.273. The highest BCUT2D eigenvalue weighted by Crippen LogP contribution is 2.28. The highest BCUT2D eigenvalue weighted by atomic mass is 16.5. The van der Waals surface area contributed by atoms with E-state index in [0.717, 1.165) is 54.6 Å². The number of esters is 1. The van der Waals surface area contributed by atoms with Crippen LogP contribution in [0.5, 0.6) is 0 Å². The minimum Gasteiger partial charge on any atom is -0.465 e. The van der Waals surface area contributed by atoms with Crippen LogP contribution in [0.3, 0.4) is 0 Å². The molecule has 4 heteroatoms. The van der Waals surface area contributed by atoms with Gasteiger partial charge in [-0.2, -0.15) is 0 Å². The minimum atomic E-state index is -0.273. The molecule has 0 aliphatic carbocycles. The number of pyridine rings is 1. The van der Waals surface area contributed by atoms with Gasteiger partial charge in [-0.3, -0.25) is 9.88 Å². The highest BCUT2D eigenvalue weighted by molar-refractivity contribution is 6.05. The number of methoxy groups -OCH3 is 1. The maximum Gasteiger partial charge on any atom is 0.338 e. The predicted molar refractivity (Wildman–Crippen MR) is 102 cm³/mol. The molecule has 1 aromatic heterocycles. The lowest BCUT2D eigenvalue weighted by Gasteiger charge is -2.29. The monoisotopic (exact) mass is 346 g/mol. The number of benzene rings is 2. The molecule has 0 bridgehead atoms. The van der Waals surface area contributed by atoms with Crippen molar-refractivity contribution < 1.29 is 9.53 Å². The van der Waals surface area contributed by atoms with Gasteiger partial charge in [0.2, 0.25) is 0 Å². The van der Waals surface area contributed by atoms with Gasteiger partial charge >= 0.3 is 5.97 Å². The van der Waals surface area contributed by atoms with Crippen molar-refractivity contribution in [3.05, 3.63) is 77.0 Å². The number of nitrogens with zero attached hydrogens (tertiary/aromatic N) is 2. The first-order valence-corrected chi connectivity index (χ1v) is 9.01. The molecular formula is C22H22N2O2. The smallest absolute Gasteiger partial charge is 0.338 e. The maximum atomic E-state index is 12.5. The van der Waals surface area contributed by atoms with Gasteiger partial charge in [-0.25, -0.2) is 4.79 Å². The second-order valence-electron chi connectivity index (χ2n) is 6.68. The molecule has 3 aromatic rings. The molecule has 2 aromatic carbocycles. The number of fused-ring (bicyclic) bond motifs is 2. The molecule has 1 aliphatic rings. The fraction of sp³-hybridized carbons (Fsp3) is 0.273. The lowest BCUT2D eigenvalue weighted by Crippen LogP contribution is -2.34. The van der Waals surface area contributed by atoms with Crippen LogP contribution in [0.1, 0.15) is 27.2 Å². The van der Waals surface area contributed by atoms with Crippen LogP contribution in [0.15, 0.2) is 54.6 Å². The second kappa shape index (κ2) is 7.26. The summed E-state index contributed by atoms with van der Waals surface area (Å²) in [4.78, 5) is 19.7. The van der Waals surface area contributed by atoms with Crippen molar-refractivity contribution in [2.75, 3.05) is 20.2 Å². The van der Waals surface area contributed by atoms with E-state index in [2.05, 4.69) is 29.2 Å². The molecule has 0 amide bonds. The number of hydrogen-bond acceptors (Lipinski definition) is 4. The lowest BCUT2D eigenvalue weighted by molar-refractivity contribution is 0.0599. The third-order valence-corrected chi connectivity index (χ3v) is 5.07. The number of para-hydroxylation sites is 1. The average Bonchev–Trinajstić information content (AvgIpc) is 2.70. The number of carbonyl (C=O) groups is 1. The molecule has 26 heavy (non-hydrogen) atoms. The largest absolute Gasteiger partial charge is 0.465 e. The number of ether oxygens (including phenoxy) is 1. The van der Waals surface area contributed by atoms with Gasteiger partial charge in [0.25, 0.3) is 0 Å². The van der Waals surface area contributed by atoms with Crippen LogP contribution in [-0.4, -0.2) is 36.1 Å². The Morgan fingerprint density at radius 2 is 1.88 bits per heavy atom. The molecule has 0 fully saturated rings. The molecule has 0 radical (unpaired) electrons. The topological polar surface area (TPSA) is 42.4 Å². The molecule has 4 nitrogen and oxygen atoms in total. The Labute approximate surface area is 153 Å². The summed E-state index contributed by atoms with van der Waals surface area (Å²) in [5.41, 5.74) is 4.93. The molecule has 132 valence electrons. The van der Waals surface area contributed by atoms with Gasteiger partial charge < -0.3 is 4.74 Å². The van der Waals surface area contributed by atoms with Crippen molar-refractivity contribution in [3.8, 4) is 0 Å². The Bertz CT molecular complexity index is 938. The average molecular weight is 346 g/mol. The van der Waals surface area contributed by atoms with Gasteiger partial charge in [0, 0.05) is 42.7 Å². The Morgan fingerprint density at radius 1 is 1.12 bits per heavy atom. The van der Waals surface area contributed by atoms with Gasteiger partial charge in [-0.15, -0.1) is 0 Å². The Morgan fingerprint density at radius 3 is 2.69 bits per heavy atom. The van der Waals surface area contributed by atoms with Crippen LogP contribution >= 0.6 is 0 Å². The van der Waals surface area contributed by atoms with E-state index in [1.165, 1.54) is 12.7 Å². The zero-order valence-corrected chi connectivity index (χ0v) is 14.9. The molecule has 0 saturated carbocycles. The molecule has 0 unspecified atom stereocenters. The van der Waals surface area contributed by atoms with E-state index in [9.17, 15) is 4.79 Å². The zero-order chi connectivity index (χ0) is 17.9. The van der Waals surface area contributed by atoms with Crippen LogP contribution in [-0.2, 0) is 24.1 Å². The Balaban J connectivity index is 1.65. The predicted octanol–water partition coefficient (Wildman–Crippen LogP) is 3.62. The van der Waals surface area contributed by atoms with Crippen LogP contribution in [0.4, 0.5) is 0 Å². The van der Waals surface area contributed by atoms with Crippen LogP contribution in [0.25, 0.3) is 10.9 Å². The van der Waals surface area contributed by atoms with E-state index >= 15 is 0 Å². The van der Waals surface area contributed by atoms with Crippen LogP contribution < -0.4 is 0 Å². The summed E-state index contributed by atoms with van der Waals surface area (Å²) in [7, 11) is 1.44. The Kier molecular flexibility index (Phi) is 4.67. The minimum absolute atomic E-state index is 0.273. The molecule has 0 saturated heterocycles. The van der Waals surface area contributed by atoms with Gasteiger partial charge in [-0.1, -0.05) is 48.5 Å². The van der Waals surface area contributed by atoms with E-state index in [1.807, 2.05) is 30.3 Å². The highest BCUT2D eigenvalue weighted by Gasteiger charge is 2.26. The van der Waals surface area contributed by atoms with E-state index in [1.54, 1.807) is 0 Å². The standard InChI is InChI=1S/C22H22N2O2/c1-26-22(25)21-17-9-5-6-10-19(17)23-20-12-14-24(15-18(20)21)13-11-16-7-3-2-4-8-16/h2-10H,11-15H2,1H3. The maximum absolute atomic E-state index is 12.5. The fourth-order valence-corrected chi connectivity index (χ4v) is 3.70. The summed E-state index contributed by atoms with van der Waals surface area (Å²) in [5, 5.41) is 0.878. The SMILES string of the molecule is COC(=O)c1c2c(nc3ccccc13)CCN(CCc1ccccc1)C2. The molecule has 4 rings (SSSR count). The van der Waals surface area contributed by atoms with E-state index in [0.29, 0.717) is 5.56 Å². The molecule has 2 heterocycles. The fourth-order valence-electron chi connectivity index (χ4n) is 3.70. The van der Waals surface area contributed by atoms with Crippen molar-refractivity contribution in [3.63, 3.8) is 0 Å². The third kappa shape index (κ3) is 3.20. The quantitative estimate of drug-likeness (QED) is 0.677. The van der Waals surface area contributed by atoms with E-state index in [-0.39, 0.29) is 5.97 Å².